The second-order valence-electron chi connectivity index (χ2n) is 9.36. The van der Waals surface area contributed by atoms with Crippen LogP contribution in [0.4, 0.5) is 8.78 Å². The van der Waals surface area contributed by atoms with Crippen molar-refractivity contribution in [3.05, 3.63) is 42.2 Å². The Balaban J connectivity index is 1.35. The monoisotopic (exact) mass is 516 g/mol. The second kappa shape index (κ2) is 10.9. The quantitative estimate of drug-likeness (QED) is 0.377. The number of ether oxygens (including phenoxy) is 3. The Morgan fingerprint density at radius 2 is 2.05 bits per heavy atom. The van der Waals surface area contributed by atoms with E-state index < -0.39 is 12.5 Å². The number of aliphatic hydroxyl groups is 1. The maximum absolute atomic E-state index is 13.2. The number of methoxy groups -OCH3 is 1. The van der Waals surface area contributed by atoms with Gasteiger partial charge in [0.05, 0.1) is 31.7 Å². The molecule has 2 aromatic heterocycles. The molecule has 1 aliphatic heterocycles. The number of rotatable bonds is 11. The van der Waals surface area contributed by atoms with E-state index in [1.54, 1.807) is 28.9 Å². The highest BCUT2D eigenvalue weighted by Gasteiger charge is 2.29. The summed E-state index contributed by atoms with van der Waals surface area (Å²) in [5, 5.41) is 12.4. The van der Waals surface area contributed by atoms with Crippen molar-refractivity contribution in [3.8, 4) is 28.5 Å². The number of carbonyl (C=O) groups is 1. The predicted octanol–water partition coefficient (Wildman–Crippen LogP) is 3.34. The first-order chi connectivity index (χ1) is 17.9. The summed E-state index contributed by atoms with van der Waals surface area (Å²) in [6.07, 6.45) is 6.54. The number of hydrogen-bond donors (Lipinski definition) is 2. The largest absolute Gasteiger partial charge is 0.496 e. The Labute approximate surface area is 212 Å². The van der Waals surface area contributed by atoms with Crippen LogP contribution in [0.15, 0.2) is 36.7 Å². The number of alkyl halides is 2. The molecule has 2 aliphatic rings. The molecule has 0 radical (unpaired) electrons. The Morgan fingerprint density at radius 1 is 1.24 bits per heavy atom. The third-order valence-corrected chi connectivity index (χ3v) is 6.56. The molecule has 3 heterocycles. The van der Waals surface area contributed by atoms with E-state index in [1.807, 2.05) is 6.07 Å². The zero-order valence-corrected chi connectivity index (χ0v) is 20.5. The Hall–Kier alpha value is -3.44. The summed E-state index contributed by atoms with van der Waals surface area (Å²) >= 11 is 0. The van der Waals surface area contributed by atoms with Gasteiger partial charge in [0, 0.05) is 43.5 Å². The van der Waals surface area contributed by atoms with Crippen LogP contribution in [0.1, 0.15) is 36.0 Å². The number of nitrogens with zero attached hydrogens (tertiary/aromatic N) is 3. The molecule has 1 aromatic carbocycles. The van der Waals surface area contributed by atoms with E-state index in [9.17, 15) is 18.7 Å². The summed E-state index contributed by atoms with van der Waals surface area (Å²) in [6, 6.07) is 6.67. The van der Waals surface area contributed by atoms with Crippen LogP contribution in [0.2, 0.25) is 0 Å². The van der Waals surface area contributed by atoms with E-state index in [0.717, 1.165) is 38.8 Å². The number of fused-ring (bicyclic) bond motifs is 1. The lowest BCUT2D eigenvalue weighted by atomic mass is 10.1. The number of β-amino-alcohol motifs (C(OH)–C–C–N with tert-alkyl or cyclic N) is 1. The molecule has 1 unspecified atom stereocenters. The van der Waals surface area contributed by atoms with Crippen molar-refractivity contribution >= 4 is 11.6 Å². The molecule has 0 spiro atoms. The predicted molar refractivity (Wildman–Crippen MR) is 131 cm³/mol. The topological polar surface area (TPSA) is 97.6 Å². The molecule has 2 fully saturated rings. The molecule has 0 bridgehead atoms. The highest BCUT2D eigenvalue weighted by atomic mass is 19.3. The number of aliphatic hydroxyl groups excluding tert-OH is 1. The summed E-state index contributed by atoms with van der Waals surface area (Å²) < 4.78 is 44.3. The van der Waals surface area contributed by atoms with Crippen LogP contribution in [0.5, 0.6) is 17.2 Å². The molecule has 1 atom stereocenters. The normalized spacial score (nSPS) is 17.9. The van der Waals surface area contributed by atoms with Gasteiger partial charge in [-0.1, -0.05) is 0 Å². The number of hydrogen-bond acceptors (Lipinski definition) is 7. The van der Waals surface area contributed by atoms with Crippen molar-refractivity contribution in [1.29, 1.82) is 0 Å². The van der Waals surface area contributed by atoms with Crippen molar-refractivity contribution in [3.63, 3.8) is 0 Å². The summed E-state index contributed by atoms with van der Waals surface area (Å²) in [6.45, 7) is -0.0853. The van der Waals surface area contributed by atoms with Gasteiger partial charge in [0.15, 0.2) is 0 Å². The van der Waals surface area contributed by atoms with E-state index >= 15 is 0 Å². The Kier molecular flexibility index (Phi) is 7.43. The molecular formula is C26H30F2N4O5. The number of benzene rings is 1. The van der Waals surface area contributed by atoms with Crippen molar-refractivity contribution < 1.29 is 32.9 Å². The minimum Gasteiger partial charge on any atom is -0.496 e. The third kappa shape index (κ3) is 5.94. The lowest BCUT2D eigenvalue weighted by Gasteiger charge is -2.16. The van der Waals surface area contributed by atoms with Gasteiger partial charge in [-0.2, -0.15) is 8.78 Å². The zero-order valence-electron chi connectivity index (χ0n) is 20.5. The van der Waals surface area contributed by atoms with Gasteiger partial charge in [0.1, 0.15) is 28.5 Å². The van der Waals surface area contributed by atoms with E-state index in [4.69, 9.17) is 14.2 Å². The second-order valence-corrected chi connectivity index (χ2v) is 9.36. The summed E-state index contributed by atoms with van der Waals surface area (Å²) in [7, 11) is 1.38. The molecule has 37 heavy (non-hydrogen) atoms. The lowest BCUT2D eigenvalue weighted by molar-refractivity contribution is -0.0502. The number of pyridine rings is 1. The number of amides is 1. The Morgan fingerprint density at radius 3 is 2.76 bits per heavy atom. The highest BCUT2D eigenvalue weighted by Crippen LogP contribution is 2.37. The molecule has 198 valence electrons. The summed E-state index contributed by atoms with van der Waals surface area (Å²) in [5.41, 5.74) is 1.66. The summed E-state index contributed by atoms with van der Waals surface area (Å²) in [4.78, 5) is 19.4. The van der Waals surface area contributed by atoms with Crippen molar-refractivity contribution in [2.45, 2.75) is 44.4 Å². The van der Waals surface area contributed by atoms with Gasteiger partial charge in [0.2, 0.25) is 0 Å². The van der Waals surface area contributed by atoms with Gasteiger partial charge in [-0.15, -0.1) is 0 Å². The summed E-state index contributed by atoms with van der Waals surface area (Å²) in [5.74, 6) is 0.0227. The molecule has 1 saturated carbocycles. The average Bonchev–Trinajstić information content (AvgIpc) is 3.42. The number of likely N-dealkylation sites (tertiary alicyclic amines) is 1. The van der Waals surface area contributed by atoms with Crippen LogP contribution in [-0.2, 0) is 0 Å². The minimum atomic E-state index is -3.11. The molecule has 1 aliphatic carbocycles. The molecular weight excluding hydrogens is 486 g/mol. The molecule has 1 saturated heterocycles. The fourth-order valence-corrected chi connectivity index (χ4v) is 4.56. The molecule has 3 aromatic rings. The third-order valence-electron chi connectivity index (χ3n) is 6.56. The maximum atomic E-state index is 13.2. The molecule has 5 rings (SSSR count). The van der Waals surface area contributed by atoms with Crippen molar-refractivity contribution in [2.75, 3.05) is 33.4 Å². The zero-order chi connectivity index (χ0) is 25.9. The fraction of sp³-hybridized carbons (Fsp3) is 0.462. The van der Waals surface area contributed by atoms with Crippen LogP contribution in [-0.4, -0.2) is 77.4 Å². The van der Waals surface area contributed by atoms with E-state index in [-0.39, 0.29) is 29.2 Å². The van der Waals surface area contributed by atoms with E-state index in [1.165, 1.54) is 13.2 Å². The van der Waals surface area contributed by atoms with Crippen LogP contribution >= 0.6 is 0 Å². The standard InChI is InChI=1S/C26H30F2N4O5/c1-35-21-11-16(12-22(37-26(27)28)24(21)25(34)30-17-3-4-17)20-14-29-23-13-19(6-9-32(20)23)36-10-2-7-31-8-5-18(33)15-31/h6,9,11-14,17-18,26,33H,2-5,7-8,10,15H2,1H3,(H,30,34). The van der Waals surface area contributed by atoms with E-state index in [0.29, 0.717) is 35.8 Å². The lowest BCUT2D eigenvalue weighted by Crippen LogP contribution is -2.26. The number of nitrogens with one attached hydrogen (secondary N) is 1. The van der Waals surface area contributed by atoms with Gasteiger partial charge >= 0.3 is 6.61 Å². The van der Waals surface area contributed by atoms with Crippen LogP contribution in [0, 0.1) is 0 Å². The maximum Gasteiger partial charge on any atom is 0.387 e. The first-order valence-corrected chi connectivity index (χ1v) is 12.4. The molecule has 11 heteroatoms. The fourth-order valence-electron chi connectivity index (χ4n) is 4.56. The highest BCUT2D eigenvalue weighted by molar-refractivity contribution is 6.01. The molecule has 2 N–H and O–H groups in total. The number of halogens is 2. The van der Waals surface area contributed by atoms with Crippen molar-refractivity contribution in [2.24, 2.45) is 0 Å². The van der Waals surface area contributed by atoms with E-state index in [2.05, 4.69) is 15.2 Å². The smallest absolute Gasteiger partial charge is 0.387 e. The number of imidazole rings is 1. The van der Waals surface area contributed by atoms with Crippen LogP contribution in [0.25, 0.3) is 16.9 Å². The number of aromatic nitrogens is 2. The first-order valence-electron chi connectivity index (χ1n) is 12.4. The van der Waals surface area contributed by atoms with Crippen LogP contribution in [0.3, 0.4) is 0 Å². The Bertz CT molecular complexity index is 1260. The molecule has 9 nitrogen and oxygen atoms in total. The van der Waals surface area contributed by atoms with Gasteiger partial charge in [0.25, 0.3) is 5.91 Å². The SMILES string of the molecule is COc1cc(-c2cnc3cc(OCCCN4CCC(O)C4)ccn23)cc(OC(F)F)c1C(=O)NC1CC1. The van der Waals surface area contributed by atoms with Gasteiger partial charge in [-0.25, -0.2) is 4.98 Å². The molecule has 1 amide bonds. The van der Waals surface area contributed by atoms with Gasteiger partial charge in [-0.05, 0) is 43.9 Å². The van der Waals surface area contributed by atoms with Crippen molar-refractivity contribution in [1.82, 2.24) is 19.6 Å². The average molecular weight is 517 g/mol. The van der Waals surface area contributed by atoms with Gasteiger partial charge in [-0.3, -0.25) is 9.20 Å². The number of carbonyl (C=O) groups excluding carboxylic acids is 1. The minimum absolute atomic E-state index is 0.0413. The van der Waals surface area contributed by atoms with Gasteiger partial charge < -0.3 is 29.5 Å². The van der Waals surface area contributed by atoms with Crippen LogP contribution < -0.4 is 19.5 Å². The first kappa shape index (κ1) is 25.2.